The Bertz CT molecular complexity index is 232. The Kier molecular flexibility index (Phi) is 26.0. The van der Waals surface area contributed by atoms with E-state index in [0.717, 1.165) is 5.57 Å². The van der Waals surface area contributed by atoms with Crippen molar-refractivity contribution in [1.82, 2.24) is 5.32 Å². The Morgan fingerprint density at radius 2 is 1.76 bits per heavy atom. The fourth-order valence-corrected chi connectivity index (χ4v) is 0.917. The van der Waals surface area contributed by atoms with Gasteiger partial charge in [-0.05, 0) is 26.3 Å². The van der Waals surface area contributed by atoms with E-state index in [1.807, 2.05) is 52.8 Å². The van der Waals surface area contributed by atoms with E-state index in [-0.39, 0.29) is 5.91 Å². The van der Waals surface area contributed by atoms with Crippen LogP contribution in [0.15, 0.2) is 36.5 Å². The molecule has 1 amide bonds. The predicted molar refractivity (Wildman–Crippen MR) is 82.6 cm³/mol. The smallest absolute Gasteiger partial charge is 0.230 e. The van der Waals surface area contributed by atoms with E-state index in [4.69, 9.17) is 0 Å². The van der Waals surface area contributed by atoms with E-state index >= 15 is 0 Å². The second-order valence-corrected chi connectivity index (χ2v) is 3.24. The molecule has 17 heavy (non-hydrogen) atoms. The lowest BCUT2D eigenvalue weighted by molar-refractivity contribution is -0.118. The predicted octanol–water partition coefficient (Wildman–Crippen LogP) is 4.24. The fraction of sp³-hybridized carbons (Fsp3) is 0.500. The number of alkyl halides is 1. The highest BCUT2D eigenvalue weighted by Gasteiger charge is 1.96. The molecule has 0 aliphatic rings. The van der Waals surface area contributed by atoms with Gasteiger partial charge >= 0.3 is 0 Å². The van der Waals surface area contributed by atoms with E-state index in [1.54, 1.807) is 6.08 Å². The molecule has 0 radical (unpaired) electrons. The zero-order valence-electron chi connectivity index (χ0n) is 11.7. The second-order valence-electron chi connectivity index (χ2n) is 2.68. The first-order valence-corrected chi connectivity index (χ1v) is 6.95. The Hall–Kier alpha value is -0.830. The van der Waals surface area contributed by atoms with Gasteiger partial charge in [0.15, 0.2) is 0 Å². The van der Waals surface area contributed by atoms with Gasteiger partial charge < -0.3 is 5.32 Å². The lowest BCUT2D eigenvalue weighted by Crippen LogP contribution is -2.25. The maximum absolute atomic E-state index is 10.8. The summed E-state index contributed by atoms with van der Waals surface area (Å²) in [6.07, 6.45) is 7.67. The molecule has 0 bridgehead atoms. The summed E-state index contributed by atoms with van der Waals surface area (Å²) in [4.78, 5) is 10.8. The summed E-state index contributed by atoms with van der Waals surface area (Å²) in [7, 11) is 0. The Labute approximate surface area is 115 Å². The van der Waals surface area contributed by atoms with Crippen molar-refractivity contribution in [2.45, 2.75) is 34.6 Å². The third-order valence-corrected chi connectivity index (χ3v) is 1.87. The molecule has 0 unspecified atom stereocenters. The Balaban J connectivity index is -0.000000337. The Morgan fingerprint density at radius 1 is 1.29 bits per heavy atom. The SMILES string of the molecule is C/C=C\C(=C/C)CNC(=O)CBr.C=CC.CC. The zero-order chi connectivity index (χ0) is 14.1. The number of rotatable bonds is 4. The summed E-state index contributed by atoms with van der Waals surface area (Å²) in [6.45, 7) is 13.8. The second kappa shape index (κ2) is 20.6. The van der Waals surface area contributed by atoms with Gasteiger partial charge in [0.2, 0.25) is 5.91 Å². The minimum atomic E-state index is 0.0128. The minimum absolute atomic E-state index is 0.0128. The van der Waals surface area contributed by atoms with Gasteiger partial charge in [-0.15, -0.1) is 6.58 Å². The van der Waals surface area contributed by atoms with Crippen LogP contribution in [0.4, 0.5) is 0 Å². The number of halogens is 1. The van der Waals surface area contributed by atoms with Gasteiger partial charge in [0, 0.05) is 6.54 Å². The van der Waals surface area contributed by atoms with Crippen LogP contribution in [0.2, 0.25) is 0 Å². The summed E-state index contributed by atoms with van der Waals surface area (Å²) in [5.74, 6) is 0.0128. The van der Waals surface area contributed by atoms with Crippen molar-refractivity contribution < 1.29 is 4.79 Å². The van der Waals surface area contributed by atoms with E-state index in [0.29, 0.717) is 11.9 Å². The molecule has 1 N–H and O–H groups in total. The molecule has 0 aromatic heterocycles. The van der Waals surface area contributed by atoms with Gasteiger partial charge in [0.25, 0.3) is 0 Å². The molecule has 0 aliphatic heterocycles. The maximum Gasteiger partial charge on any atom is 0.230 e. The van der Waals surface area contributed by atoms with E-state index in [2.05, 4.69) is 27.8 Å². The molecular weight excluding hydrogens is 278 g/mol. The Morgan fingerprint density at radius 3 is 2.06 bits per heavy atom. The highest BCUT2D eigenvalue weighted by atomic mass is 79.9. The van der Waals surface area contributed by atoms with Crippen LogP contribution in [0.1, 0.15) is 34.6 Å². The molecule has 100 valence electrons. The topological polar surface area (TPSA) is 29.1 Å². The normalized spacial score (nSPS) is 9.65. The number of amides is 1. The molecule has 0 saturated carbocycles. The summed E-state index contributed by atoms with van der Waals surface area (Å²) >= 11 is 3.08. The number of carbonyl (C=O) groups is 1. The quantitative estimate of drug-likeness (QED) is 0.470. The maximum atomic E-state index is 10.8. The van der Waals surface area contributed by atoms with Crippen LogP contribution < -0.4 is 5.32 Å². The van der Waals surface area contributed by atoms with Crippen LogP contribution in [0.3, 0.4) is 0 Å². The molecule has 0 aromatic carbocycles. The largest absolute Gasteiger partial charge is 0.351 e. The monoisotopic (exact) mass is 303 g/mol. The van der Waals surface area contributed by atoms with Crippen LogP contribution >= 0.6 is 15.9 Å². The van der Waals surface area contributed by atoms with Crippen molar-refractivity contribution >= 4 is 21.8 Å². The van der Waals surface area contributed by atoms with Crippen LogP contribution in [0.25, 0.3) is 0 Å². The molecule has 0 atom stereocenters. The van der Waals surface area contributed by atoms with Crippen molar-refractivity contribution in [3.8, 4) is 0 Å². The average Bonchev–Trinajstić information content (AvgIpc) is 2.37. The van der Waals surface area contributed by atoms with Crippen LogP contribution in [-0.2, 0) is 4.79 Å². The molecule has 0 rings (SSSR count). The number of hydrogen-bond donors (Lipinski definition) is 1. The zero-order valence-corrected chi connectivity index (χ0v) is 13.3. The first kappa shape index (κ1) is 21.5. The number of carbonyl (C=O) groups excluding carboxylic acids is 1. The standard InChI is InChI=1S/C9H14BrNO.C3H6.C2H6/c1-3-5-8(4-2)7-11-9(12)6-10;1-3-2;1-2/h3-5H,6-7H2,1-2H3,(H,11,12);3H,1H2,2H3;1-2H3/b5-3-,8-4+;;. The number of hydrogen-bond acceptors (Lipinski definition) is 1. The van der Waals surface area contributed by atoms with Gasteiger partial charge in [-0.1, -0.05) is 54.1 Å². The van der Waals surface area contributed by atoms with Gasteiger partial charge in [-0.25, -0.2) is 0 Å². The van der Waals surface area contributed by atoms with Crippen molar-refractivity contribution in [1.29, 1.82) is 0 Å². The first-order valence-electron chi connectivity index (χ1n) is 5.83. The highest BCUT2D eigenvalue weighted by molar-refractivity contribution is 9.09. The van der Waals surface area contributed by atoms with Crippen LogP contribution in [0, 0.1) is 0 Å². The van der Waals surface area contributed by atoms with Gasteiger partial charge in [-0.2, -0.15) is 0 Å². The summed E-state index contributed by atoms with van der Waals surface area (Å²) in [6, 6.07) is 0. The molecule has 0 heterocycles. The summed E-state index contributed by atoms with van der Waals surface area (Å²) in [5, 5.41) is 3.12. The van der Waals surface area contributed by atoms with Crippen LogP contribution in [0.5, 0.6) is 0 Å². The van der Waals surface area contributed by atoms with Crippen LogP contribution in [-0.4, -0.2) is 17.8 Å². The molecule has 0 aliphatic carbocycles. The summed E-state index contributed by atoms with van der Waals surface area (Å²) in [5.41, 5.74) is 1.12. The fourth-order valence-electron chi connectivity index (χ4n) is 0.719. The summed E-state index contributed by atoms with van der Waals surface area (Å²) < 4.78 is 0. The molecule has 0 saturated heterocycles. The van der Waals surface area contributed by atoms with E-state index in [1.165, 1.54) is 0 Å². The number of allylic oxidation sites excluding steroid dienone is 3. The third kappa shape index (κ3) is 21.1. The lowest BCUT2D eigenvalue weighted by atomic mass is 10.2. The molecule has 0 fully saturated rings. The molecule has 0 spiro atoms. The van der Waals surface area contributed by atoms with Gasteiger partial charge in [-0.3, -0.25) is 4.79 Å². The minimum Gasteiger partial charge on any atom is -0.351 e. The molecule has 0 aromatic rings. The van der Waals surface area contributed by atoms with Crippen molar-refractivity contribution in [3.05, 3.63) is 36.5 Å². The van der Waals surface area contributed by atoms with E-state index < -0.39 is 0 Å². The molecule has 2 nitrogen and oxygen atoms in total. The first-order chi connectivity index (χ1) is 8.15. The van der Waals surface area contributed by atoms with Crippen molar-refractivity contribution in [2.24, 2.45) is 0 Å². The molecule has 3 heteroatoms. The van der Waals surface area contributed by atoms with Crippen molar-refractivity contribution in [2.75, 3.05) is 11.9 Å². The third-order valence-electron chi connectivity index (χ3n) is 1.36. The van der Waals surface area contributed by atoms with Crippen molar-refractivity contribution in [3.63, 3.8) is 0 Å². The van der Waals surface area contributed by atoms with E-state index in [9.17, 15) is 4.79 Å². The molecular formula is C14H26BrNO. The van der Waals surface area contributed by atoms with Gasteiger partial charge in [0.05, 0.1) is 5.33 Å². The highest BCUT2D eigenvalue weighted by Crippen LogP contribution is 1.94. The average molecular weight is 304 g/mol. The number of nitrogens with one attached hydrogen (secondary N) is 1. The van der Waals surface area contributed by atoms with Gasteiger partial charge in [0.1, 0.15) is 0 Å². The lowest BCUT2D eigenvalue weighted by Gasteiger charge is -2.02.